The maximum Gasteiger partial charge on any atom is 0.131 e. The van der Waals surface area contributed by atoms with Gasteiger partial charge in [0.25, 0.3) is 0 Å². The Bertz CT molecular complexity index is 603. The second kappa shape index (κ2) is 7.53. The molecule has 0 amide bonds. The van der Waals surface area contributed by atoms with Crippen molar-refractivity contribution in [3.63, 3.8) is 0 Å². The lowest BCUT2D eigenvalue weighted by atomic mass is 9.93. The van der Waals surface area contributed by atoms with Crippen LogP contribution in [0.2, 0.25) is 5.15 Å². The molecule has 1 saturated heterocycles. The molecular formula is C18H23ClN2O2. The number of nitrogens with one attached hydrogen (secondary N) is 1. The fourth-order valence-electron chi connectivity index (χ4n) is 3.18. The first-order valence-electron chi connectivity index (χ1n) is 8.35. The number of hydrogen-bond acceptors (Lipinski definition) is 4. The molecule has 0 aromatic carbocycles. The highest BCUT2D eigenvalue weighted by Gasteiger charge is 2.22. The molecule has 1 aromatic heterocycles. The van der Waals surface area contributed by atoms with Gasteiger partial charge in [0.15, 0.2) is 0 Å². The molecule has 1 saturated carbocycles. The highest BCUT2D eigenvalue weighted by molar-refractivity contribution is 6.29. The van der Waals surface area contributed by atoms with Crippen molar-refractivity contribution in [3.05, 3.63) is 23.0 Å². The Balaban J connectivity index is 1.74. The van der Waals surface area contributed by atoms with Crippen LogP contribution in [0.5, 0.6) is 0 Å². The zero-order valence-corrected chi connectivity index (χ0v) is 14.1. The van der Waals surface area contributed by atoms with E-state index in [0.29, 0.717) is 11.2 Å². The van der Waals surface area contributed by atoms with Gasteiger partial charge in [-0.3, -0.25) is 0 Å². The van der Waals surface area contributed by atoms with Crippen LogP contribution in [0.1, 0.15) is 44.6 Å². The molecule has 0 bridgehead atoms. The molecule has 0 radical (unpaired) electrons. The lowest BCUT2D eigenvalue weighted by molar-refractivity contribution is 0.115. The van der Waals surface area contributed by atoms with E-state index in [9.17, 15) is 5.11 Å². The number of rotatable bonds is 2. The van der Waals surface area contributed by atoms with E-state index in [1.165, 1.54) is 0 Å². The molecular weight excluding hydrogens is 312 g/mol. The van der Waals surface area contributed by atoms with Crippen molar-refractivity contribution in [2.45, 2.75) is 57.3 Å². The minimum atomic E-state index is -0.155. The molecule has 2 aliphatic rings. The Hall–Kier alpha value is -1.28. The van der Waals surface area contributed by atoms with Crippen molar-refractivity contribution < 1.29 is 9.84 Å². The summed E-state index contributed by atoms with van der Waals surface area (Å²) in [5.41, 5.74) is 1.81. The predicted molar refractivity (Wildman–Crippen MR) is 91.5 cm³/mol. The Labute approximate surface area is 142 Å². The van der Waals surface area contributed by atoms with E-state index in [2.05, 4.69) is 29.1 Å². The molecule has 1 aliphatic carbocycles. The molecule has 2 fully saturated rings. The van der Waals surface area contributed by atoms with E-state index in [1.54, 1.807) is 6.20 Å². The van der Waals surface area contributed by atoms with Gasteiger partial charge in [-0.15, -0.1) is 0 Å². The summed E-state index contributed by atoms with van der Waals surface area (Å²) in [7, 11) is 0. The summed E-state index contributed by atoms with van der Waals surface area (Å²) in [6.07, 6.45) is 6.36. The zero-order valence-electron chi connectivity index (χ0n) is 13.4. The summed E-state index contributed by atoms with van der Waals surface area (Å²) in [5.74, 6) is 6.84. The second-order valence-electron chi connectivity index (χ2n) is 6.44. The fourth-order valence-corrected chi connectivity index (χ4v) is 3.34. The van der Waals surface area contributed by atoms with Gasteiger partial charge in [0.1, 0.15) is 5.15 Å². The van der Waals surface area contributed by atoms with E-state index < -0.39 is 0 Å². The SMILES string of the molecule is CC1OCCC1C#Cc1cnc(Cl)cc1NC1CCC(O)CC1. The van der Waals surface area contributed by atoms with Gasteiger partial charge in [-0.25, -0.2) is 4.98 Å². The van der Waals surface area contributed by atoms with Crippen LogP contribution in [0.25, 0.3) is 0 Å². The normalized spacial score (nSPS) is 30.6. The number of aromatic nitrogens is 1. The van der Waals surface area contributed by atoms with Crippen molar-refractivity contribution in [2.75, 3.05) is 11.9 Å². The summed E-state index contributed by atoms with van der Waals surface area (Å²) >= 11 is 6.05. The van der Waals surface area contributed by atoms with E-state index in [0.717, 1.165) is 50.0 Å². The number of aliphatic hydroxyl groups is 1. The van der Waals surface area contributed by atoms with Crippen LogP contribution in [0, 0.1) is 17.8 Å². The third-order valence-electron chi connectivity index (χ3n) is 4.70. The highest BCUT2D eigenvalue weighted by Crippen LogP contribution is 2.26. The van der Waals surface area contributed by atoms with Crippen molar-refractivity contribution in [3.8, 4) is 11.8 Å². The van der Waals surface area contributed by atoms with Gasteiger partial charge in [-0.1, -0.05) is 23.4 Å². The maximum atomic E-state index is 9.63. The van der Waals surface area contributed by atoms with Gasteiger partial charge in [-0.2, -0.15) is 0 Å². The van der Waals surface area contributed by atoms with Crippen LogP contribution in [0.15, 0.2) is 12.3 Å². The average molecular weight is 335 g/mol. The molecule has 1 aromatic rings. The Morgan fingerprint density at radius 3 is 2.78 bits per heavy atom. The van der Waals surface area contributed by atoms with Crippen molar-refractivity contribution >= 4 is 17.3 Å². The van der Waals surface area contributed by atoms with Crippen molar-refractivity contribution in [1.82, 2.24) is 4.98 Å². The van der Waals surface area contributed by atoms with Crippen LogP contribution in [0.3, 0.4) is 0 Å². The number of ether oxygens (including phenoxy) is 1. The van der Waals surface area contributed by atoms with Crippen LogP contribution in [-0.2, 0) is 4.74 Å². The molecule has 1 aliphatic heterocycles. The number of anilines is 1. The summed E-state index contributed by atoms with van der Waals surface area (Å²) in [6, 6.07) is 2.19. The minimum absolute atomic E-state index is 0.155. The molecule has 23 heavy (non-hydrogen) atoms. The van der Waals surface area contributed by atoms with E-state index in [4.69, 9.17) is 16.3 Å². The minimum Gasteiger partial charge on any atom is -0.393 e. The second-order valence-corrected chi connectivity index (χ2v) is 6.83. The molecule has 2 unspecified atom stereocenters. The quantitative estimate of drug-likeness (QED) is 0.644. The van der Waals surface area contributed by atoms with Crippen LogP contribution in [-0.4, -0.2) is 34.9 Å². The number of halogens is 1. The van der Waals surface area contributed by atoms with E-state index >= 15 is 0 Å². The first-order valence-corrected chi connectivity index (χ1v) is 8.73. The van der Waals surface area contributed by atoms with Gasteiger partial charge >= 0.3 is 0 Å². The lowest BCUT2D eigenvalue weighted by Gasteiger charge is -2.27. The van der Waals surface area contributed by atoms with Gasteiger partial charge in [0.2, 0.25) is 0 Å². The van der Waals surface area contributed by atoms with Gasteiger partial charge < -0.3 is 15.2 Å². The van der Waals surface area contributed by atoms with Gasteiger partial charge in [-0.05, 0) is 45.1 Å². The molecule has 5 heteroatoms. The van der Waals surface area contributed by atoms with Crippen LogP contribution < -0.4 is 5.32 Å². The molecule has 2 heterocycles. The number of aliphatic hydroxyl groups excluding tert-OH is 1. The molecule has 2 N–H and O–H groups in total. The summed E-state index contributed by atoms with van der Waals surface area (Å²) in [4.78, 5) is 4.16. The Morgan fingerprint density at radius 2 is 2.09 bits per heavy atom. The van der Waals surface area contributed by atoms with Crippen molar-refractivity contribution in [1.29, 1.82) is 0 Å². The Morgan fingerprint density at radius 1 is 1.30 bits per heavy atom. The van der Waals surface area contributed by atoms with Gasteiger partial charge in [0, 0.05) is 24.8 Å². The average Bonchev–Trinajstić information content (AvgIpc) is 2.94. The molecule has 3 rings (SSSR count). The Kier molecular flexibility index (Phi) is 5.42. The standard InChI is InChI=1S/C18H23ClN2O2/c1-12-13(8-9-23-12)2-3-14-11-20-18(19)10-17(14)21-15-4-6-16(22)7-5-15/h10-13,15-16,22H,4-9H2,1H3,(H,20,21). The van der Waals surface area contributed by atoms with Crippen LogP contribution in [0.4, 0.5) is 5.69 Å². The zero-order chi connectivity index (χ0) is 16.2. The molecule has 124 valence electrons. The monoisotopic (exact) mass is 334 g/mol. The molecule has 2 atom stereocenters. The number of pyridine rings is 1. The van der Waals surface area contributed by atoms with Crippen molar-refractivity contribution in [2.24, 2.45) is 5.92 Å². The van der Waals surface area contributed by atoms with Gasteiger partial charge in [0.05, 0.1) is 23.5 Å². The summed E-state index contributed by atoms with van der Waals surface area (Å²) < 4.78 is 5.56. The maximum absolute atomic E-state index is 9.63. The number of hydrogen-bond donors (Lipinski definition) is 2. The molecule has 0 spiro atoms. The molecule has 4 nitrogen and oxygen atoms in total. The lowest BCUT2D eigenvalue weighted by Crippen LogP contribution is -2.28. The fraction of sp³-hybridized carbons (Fsp3) is 0.611. The van der Waals surface area contributed by atoms with Crippen LogP contribution >= 0.6 is 11.6 Å². The number of nitrogens with zero attached hydrogens (tertiary/aromatic N) is 1. The topological polar surface area (TPSA) is 54.4 Å². The third-order valence-corrected chi connectivity index (χ3v) is 4.90. The summed E-state index contributed by atoms with van der Waals surface area (Å²) in [6.45, 7) is 2.86. The largest absolute Gasteiger partial charge is 0.393 e. The van der Waals surface area contributed by atoms with E-state index in [1.807, 2.05) is 6.07 Å². The first-order chi connectivity index (χ1) is 11.1. The highest BCUT2D eigenvalue weighted by atomic mass is 35.5. The predicted octanol–water partition coefficient (Wildman–Crippen LogP) is 3.23. The first kappa shape index (κ1) is 16.6. The third kappa shape index (κ3) is 4.38. The smallest absolute Gasteiger partial charge is 0.131 e. The van der Waals surface area contributed by atoms with E-state index in [-0.39, 0.29) is 18.1 Å². The summed E-state index contributed by atoms with van der Waals surface area (Å²) in [5, 5.41) is 13.6.